The molecule has 3 aromatic rings. The molecule has 12 nitrogen and oxygen atoms in total. The first-order valence-electron chi connectivity index (χ1n) is 20.1. The molecule has 2 heterocycles. The summed E-state index contributed by atoms with van der Waals surface area (Å²) >= 11 is 0. The van der Waals surface area contributed by atoms with Crippen LogP contribution in [0.15, 0.2) is 82.6 Å². The summed E-state index contributed by atoms with van der Waals surface area (Å²) in [6, 6.07) is 22.7. The summed E-state index contributed by atoms with van der Waals surface area (Å²) in [5.41, 5.74) is 4.32. The Morgan fingerprint density at radius 2 is 0.732 bits per heavy atom. The van der Waals surface area contributed by atoms with Crippen LogP contribution in [0.1, 0.15) is 47.9 Å². The van der Waals surface area contributed by atoms with Crippen LogP contribution in [0.4, 0.5) is 0 Å². The predicted molar refractivity (Wildman–Crippen MR) is 219 cm³/mol. The molecule has 0 unspecified atom stereocenters. The van der Waals surface area contributed by atoms with E-state index in [4.69, 9.17) is 18.9 Å². The van der Waals surface area contributed by atoms with Crippen molar-refractivity contribution >= 4 is 20.0 Å². The molecule has 2 aliphatic heterocycles. The number of hydrogen-bond donors (Lipinski definition) is 0. The number of nitrogens with zero attached hydrogens (tertiary/aromatic N) is 4. The van der Waals surface area contributed by atoms with Crippen molar-refractivity contribution in [2.45, 2.75) is 62.4 Å². The number of benzene rings is 3. The summed E-state index contributed by atoms with van der Waals surface area (Å²) in [6.07, 6.45) is 2.86. The van der Waals surface area contributed by atoms with Gasteiger partial charge in [0.1, 0.15) is 0 Å². The highest BCUT2D eigenvalue weighted by Crippen LogP contribution is 2.20. The maximum absolute atomic E-state index is 13.8. The monoisotopic (exact) mass is 814 g/mol. The Balaban J connectivity index is 1.25. The highest BCUT2D eigenvalue weighted by Gasteiger charge is 2.26. The van der Waals surface area contributed by atoms with E-state index in [1.807, 2.05) is 38.1 Å². The van der Waals surface area contributed by atoms with E-state index in [0.29, 0.717) is 128 Å². The van der Waals surface area contributed by atoms with Gasteiger partial charge in [-0.1, -0.05) is 59.7 Å². The predicted octanol–water partition coefficient (Wildman–Crippen LogP) is 4.94. The molecule has 2 aliphatic rings. The minimum atomic E-state index is -3.67. The van der Waals surface area contributed by atoms with Gasteiger partial charge in [0.25, 0.3) is 0 Å². The molecular formula is C42H62N4O8S2. The molecule has 0 aliphatic carbocycles. The van der Waals surface area contributed by atoms with Crippen LogP contribution in [0.5, 0.6) is 0 Å². The summed E-state index contributed by atoms with van der Waals surface area (Å²) in [5, 5.41) is 0. The molecule has 0 radical (unpaired) electrons. The van der Waals surface area contributed by atoms with Gasteiger partial charge in [-0.3, -0.25) is 9.80 Å². The van der Waals surface area contributed by atoms with Crippen LogP contribution in [0.3, 0.4) is 0 Å². The fraction of sp³-hybridized carbons (Fsp3) is 0.571. The Hall–Kier alpha value is -2.76. The molecule has 0 saturated carbocycles. The van der Waals surface area contributed by atoms with E-state index < -0.39 is 20.0 Å². The van der Waals surface area contributed by atoms with Crippen molar-refractivity contribution in [2.24, 2.45) is 0 Å². The second kappa shape index (κ2) is 23.0. The SMILES string of the molecule is Cc1ccc(S(=O)(=O)N2CCCOCCOCCCN(Cc3ccc(CN4CCCOCCOCCCN(S(=O)(=O)c5ccc(C)cc5)CC4)cc3)CC2)cc1. The number of rotatable bonds is 8. The van der Waals surface area contributed by atoms with Crippen molar-refractivity contribution in [1.29, 1.82) is 0 Å². The zero-order valence-corrected chi connectivity index (χ0v) is 35.0. The molecule has 0 spiro atoms. The van der Waals surface area contributed by atoms with Gasteiger partial charge in [-0.05, 0) is 74.9 Å². The normalized spacial score (nSPS) is 20.2. The van der Waals surface area contributed by atoms with Crippen LogP contribution in [0, 0.1) is 13.8 Å². The van der Waals surface area contributed by atoms with E-state index in [0.717, 1.165) is 48.2 Å². The first-order chi connectivity index (χ1) is 27.1. The lowest BCUT2D eigenvalue weighted by Gasteiger charge is -2.29. The van der Waals surface area contributed by atoms with Gasteiger partial charge in [-0.25, -0.2) is 16.8 Å². The largest absolute Gasteiger partial charge is 0.379 e. The molecule has 56 heavy (non-hydrogen) atoms. The van der Waals surface area contributed by atoms with E-state index in [9.17, 15) is 16.8 Å². The van der Waals surface area contributed by atoms with Gasteiger partial charge in [0.05, 0.1) is 36.2 Å². The molecule has 0 atom stereocenters. The molecule has 3 aromatic carbocycles. The van der Waals surface area contributed by atoms with Crippen LogP contribution < -0.4 is 0 Å². The number of aryl methyl sites for hydroxylation is 2. The molecule has 0 N–H and O–H groups in total. The fourth-order valence-corrected chi connectivity index (χ4v) is 9.78. The lowest BCUT2D eigenvalue weighted by molar-refractivity contribution is 0.0400. The quantitative estimate of drug-likeness (QED) is 0.310. The lowest BCUT2D eigenvalue weighted by Crippen LogP contribution is -2.40. The fourth-order valence-electron chi connectivity index (χ4n) is 6.85. The van der Waals surface area contributed by atoms with Crippen molar-refractivity contribution < 1.29 is 35.8 Å². The van der Waals surface area contributed by atoms with Gasteiger partial charge in [0, 0.05) is 91.9 Å². The maximum atomic E-state index is 13.8. The van der Waals surface area contributed by atoms with E-state index in [1.165, 1.54) is 0 Å². The van der Waals surface area contributed by atoms with Gasteiger partial charge >= 0.3 is 0 Å². The van der Waals surface area contributed by atoms with Gasteiger partial charge in [0.2, 0.25) is 20.0 Å². The third kappa shape index (κ3) is 14.3. The molecule has 5 rings (SSSR count). The Kier molecular flexibility index (Phi) is 18.2. The molecule has 0 amide bonds. The van der Waals surface area contributed by atoms with Crippen LogP contribution in [-0.2, 0) is 52.1 Å². The zero-order valence-electron chi connectivity index (χ0n) is 33.4. The van der Waals surface area contributed by atoms with Crippen molar-refractivity contribution in [3.8, 4) is 0 Å². The smallest absolute Gasteiger partial charge is 0.243 e. The molecule has 0 aromatic heterocycles. The summed E-state index contributed by atoms with van der Waals surface area (Å²) in [6.45, 7) is 13.7. The van der Waals surface area contributed by atoms with Crippen molar-refractivity contribution in [2.75, 3.05) is 105 Å². The van der Waals surface area contributed by atoms with E-state index in [1.54, 1.807) is 32.9 Å². The summed E-state index contributed by atoms with van der Waals surface area (Å²) in [4.78, 5) is 5.25. The maximum Gasteiger partial charge on any atom is 0.243 e. The molecule has 2 fully saturated rings. The summed E-state index contributed by atoms with van der Waals surface area (Å²) in [7, 11) is -7.34. The minimum absolute atomic E-state index is 0.312. The van der Waals surface area contributed by atoms with Crippen LogP contribution in [0.2, 0.25) is 0 Å². The Morgan fingerprint density at radius 1 is 0.411 bits per heavy atom. The Labute approximate surface area is 335 Å². The van der Waals surface area contributed by atoms with Crippen LogP contribution in [0.25, 0.3) is 0 Å². The van der Waals surface area contributed by atoms with Gasteiger partial charge < -0.3 is 18.9 Å². The molecule has 310 valence electrons. The topological polar surface area (TPSA) is 118 Å². The zero-order chi connectivity index (χ0) is 39.6. The minimum Gasteiger partial charge on any atom is -0.379 e. The van der Waals surface area contributed by atoms with Gasteiger partial charge in [-0.2, -0.15) is 8.61 Å². The van der Waals surface area contributed by atoms with Crippen LogP contribution >= 0.6 is 0 Å². The van der Waals surface area contributed by atoms with E-state index in [2.05, 4.69) is 34.1 Å². The van der Waals surface area contributed by atoms with Crippen LogP contribution in [-0.4, -0.2) is 140 Å². The highest BCUT2D eigenvalue weighted by atomic mass is 32.2. The van der Waals surface area contributed by atoms with E-state index >= 15 is 0 Å². The van der Waals surface area contributed by atoms with Crippen molar-refractivity contribution in [3.05, 3.63) is 95.1 Å². The Morgan fingerprint density at radius 3 is 1.07 bits per heavy atom. The van der Waals surface area contributed by atoms with Crippen molar-refractivity contribution in [3.63, 3.8) is 0 Å². The third-order valence-electron chi connectivity index (χ3n) is 10.1. The third-order valence-corrected chi connectivity index (χ3v) is 14.0. The highest BCUT2D eigenvalue weighted by molar-refractivity contribution is 7.89. The molecule has 0 bridgehead atoms. The molecule has 14 heteroatoms. The summed E-state index contributed by atoms with van der Waals surface area (Å²) < 4.78 is 81.3. The summed E-state index contributed by atoms with van der Waals surface area (Å²) in [5.74, 6) is 0. The average Bonchev–Trinajstić information content (AvgIpc) is 3.18. The molecule has 2 saturated heterocycles. The lowest BCUT2D eigenvalue weighted by atomic mass is 10.1. The standard InChI is InChI=1S/C42H62N4O8S2/c1-37-7-15-41(16-8-37)55(47,48)45-21-5-29-53-33-31-51-27-3-19-43(23-25-45)35-39-11-13-40(14-12-39)36-44-20-4-28-52-32-34-54-30-6-22-46(26-24-44)56(49,50)42-17-9-38(2)10-18-42/h7-18H,3-6,19-36H2,1-2H3. The Bertz CT molecular complexity index is 1660. The number of sulfonamides is 2. The second-order valence-electron chi connectivity index (χ2n) is 14.7. The first kappa shape index (κ1) is 44.3. The number of ether oxygens (including phenoxy) is 4. The number of hydrogen-bond acceptors (Lipinski definition) is 10. The first-order valence-corrected chi connectivity index (χ1v) is 23.0. The van der Waals surface area contributed by atoms with Gasteiger partial charge in [0.15, 0.2) is 0 Å². The van der Waals surface area contributed by atoms with Gasteiger partial charge in [-0.15, -0.1) is 0 Å². The second-order valence-corrected chi connectivity index (χ2v) is 18.5. The molecular weight excluding hydrogens is 753 g/mol. The average molecular weight is 815 g/mol. The van der Waals surface area contributed by atoms with Crippen molar-refractivity contribution in [1.82, 2.24) is 18.4 Å². The van der Waals surface area contributed by atoms with E-state index in [-0.39, 0.29) is 0 Å².